The van der Waals surface area contributed by atoms with Crippen LogP contribution in [-0.4, -0.2) is 25.8 Å². The van der Waals surface area contributed by atoms with Crippen molar-refractivity contribution in [2.24, 2.45) is 7.05 Å². The van der Waals surface area contributed by atoms with Crippen LogP contribution in [0.1, 0.15) is 15.9 Å². The summed E-state index contributed by atoms with van der Waals surface area (Å²) in [6, 6.07) is 6.97. The van der Waals surface area contributed by atoms with Gasteiger partial charge in [0.1, 0.15) is 6.33 Å². The number of aromatic nitrogens is 3. The highest BCUT2D eigenvalue weighted by atomic mass is 32.2. The Labute approximate surface area is 102 Å². The van der Waals surface area contributed by atoms with E-state index in [1.165, 1.54) is 11.8 Å². The molecule has 0 aliphatic heterocycles. The van der Waals surface area contributed by atoms with Crippen molar-refractivity contribution in [2.75, 3.05) is 0 Å². The quantitative estimate of drug-likeness (QED) is 0.837. The van der Waals surface area contributed by atoms with Gasteiger partial charge in [-0.2, -0.15) is 0 Å². The van der Waals surface area contributed by atoms with E-state index in [9.17, 15) is 4.79 Å². The van der Waals surface area contributed by atoms with Crippen molar-refractivity contribution < 1.29 is 9.90 Å². The van der Waals surface area contributed by atoms with Gasteiger partial charge in [-0.15, -0.1) is 10.2 Å². The van der Waals surface area contributed by atoms with E-state index >= 15 is 0 Å². The van der Waals surface area contributed by atoms with E-state index in [0.29, 0.717) is 11.3 Å². The lowest BCUT2D eigenvalue weighted by Gasteiger charge is -2.04. The minimum atomic E-state index is -0.904. The number of hydrogen-bond donors (Lipinski definition) is 1. The predicted molar refractivity (Wildman–Crippen MR) is 64.0 cm³/mol. The fraction of sp³-hybridized carbons (Fsp3) is 0.182. The van der Waals surface area contributed by atoms with Crippen molar-refractivity contribution in [1.82, 2.24) is 14.8 Å². The van der Waals surface area contributed by atoms with Gasteiger partial charge in [-0.3, -0.25) is 0 Å². The lowest BCUT2D eigenvalue weighted by molar-refractivity contribution is 0.0696. The molecular formula is C11H11N3O2S. The Kier molecular flexibility index (Phi) is 3.43. The third kappa shape index (κ3) is 2.65. The second kappa shape index (κ2) is 5.01. The van der Waals surface area contributed by atoms with Crippen molar-refractivity contribution in [2.45, 2.75) is 10.9 Å². The summed E-state index contributed by atoms with van der Waals surface area (Å²) in [5.74, 6) is -0.339. The van der Waals surface area contributed by atoms with Gasteiger partial charge in [-0.1, -0.05) is 30.0 Å². The number of aromatic carboxylic acids is 1. The molecule has 2 aromatic rings. The molecule has 0 bridgehead atoms. The topological polar surface area (TPSA) is 68.0 Å². The molecule has 1 heterocycles. The maximum atomic E-state index is 11.0. The van der Waals surface area contributed by atoms with E-state index in [1.807, 2.05) is 19.2 Å². The zero-order valence-corrected chi connectivity index (χ0v) is 10.0. The summed E-state index contributed by atoms with van der Waals surface area (Å²) in [5.41, 5.74) is 1.12. The van der Waals surface area contributed by atoms with Crippen LogP contribution in [0.4, 0.5) is 0 Å². The average molecular weight is 249 g/mol. The number of nitrogens with zero attached hydrogens (tertiary/aromatic N) is 3. The molecule has 6 heteroatoms. The maximum Gasteiger partial charge on any atom is 0.335 e. The number of aryl methyl sites for hydroxylation is 1. The number of carboxylic acids is 1. The fourth-order valence-corrected chi connectivity index (χ4v) is 2.29. The number of hydrogen-bond acceptors (Lipinski definition) is 4. The molecule has 0 saturated carbocycles. The summed E-state index contributed by atoms with van der Waals surface area (Å²) in [5, 5.41) is 17.5. The highest BCUT2D eigenvalue weighted by molar-refractivity contribution is 7.98. The molecule has 0 atom stereocenters. The van der Waals surface area contributed by atoms with Crippen LogP contribution in [0, 0.1) is 0 Å². The lowest BCUT2D eigenvalue weighted by Crippen LogP contribution is -2.01. The zero-order valence-electron chi connectivity index (χ0n) is 9.20. The molecular weight excluding hydrogens is 238 g/mol. The van der Waals surface area contributed by atoms with Crippen LogP contribution in [0.25, 0.3) is 0 Å². The van der Waals surface area contributed by atoms with Crippen molar-refractivity contribution in [3.63, 3.8) is 0 Å². The second-order valence-corrected chi connectivity index (χ2v) is 4.42. The largest absolute Gasteiger partial charge is 0.478 e. The summed E-state index contributed by atoms with van der Waals surface area (Å²) in [7, 11) is 1.85. The standard InChI is InChI=1S/C11H11N3O2S/c1-14-7-12-13-11(14)17-6-8-4-2-3-5-9(8)10(15)16/h2-5,7H,6H2,1H3,(H,15,16). The fourth-order valence-electron chi connectivity index (χ4n) is 1.40. The van der Waals surface area contributed by atoms with Gasteiger partial charge in [-0.05, 0) is 11.6 Å². The highest BCUT2D eigenvalue weighted by Crippen LogP contribution is 2.22. The Morgan fingerprint density at radius 3 is 2.88 bits per heavy atom. The van der Waals surface area contributed by atoms with Gasteiger partial charge in [0.25, 0.3) is 0 Å². The van der Waals surface area contributed by atoms with Gasteiger partial charge < -0.3 is 9.67 Å². The van der Waals surface area contributed by atoms with Crippen LogP contribution >= 0.6 is 11.8 Å². The molecule has 17 heavy (non-hydrogen) atoms. The SMILES string of the molecule is Cn1cnnc1SCc1ccccc1C(=O)O. The number of thioether (sulfide) groups is 1. The summed E-state index contributed by atoms with van der Waals surface area (Å²) < 4.78 is 1.80. The zero-order chi connectivity index (χ0) is 12.3. The molecule has 0 fully saturated rings. The molecule has 0 radical (unpaired) electrons. The van der Waals surface area contributed by atoms with Crippen LogP contribution in [0.15, 0.2) is 35.7 Å². The van der Waals surface area contributed by atoms with Crippen LogP contribution in [0.2, 0.25) is 0 Å². The maximum absolute atomic E-state index is 11.0. The smallest absolute Gasteiger partial charge is 0.335 e. The number of carboxylic acid groups (broad SMARTS) is 1. The minimum absolute atomic E-state index is 0.335. The average Bonchev–Trinajstić information content (AvgIpc) is 2.72. The first-order valence-corrected chi connectivity index (χ1v) is 5.95. The first-order chi connectivity index (χ1) is 8.18. The Morgan fingerprint density at radius 1 is 1.47 bits per heavy atom. The highest BCUT2D eigenvalue weighted by Gasteiger charge is 2.10. The molecule has 0 amide bonds. The number of benzene rings is 1. The number of rotatable bonds is 4. The van der Waals surface area contributed by atoms with Crippen LogP contribution in [-0.2, 0) is 12.8 Å². The second-order valence-electron chi connectivity index (χ2n) is 3.48. The van der Waals surface area contributed by atoms with Gasteiger partial charge in [-0.25, -0.2) is 4.79 Å². The Bertz CT molecular complexity index is 539. The van der Waals surface area contributed by atoms with E-state index < -0.39 is 5.97 Å². The van der Waals surface area contributed by atoms with Crippen molar-refractivity contribution in [3.8, 4) is 0 Å². The molecule has 0 saturated heterocycles. The van der Waals surface area contributed by atoms with E-state index in [1.54, 1.807) is 23.0 Å². The summed E-state index contributed by atoms with van der Waals surface area (Å²) >= 11 is 1.46. The van der Waals surface area contributed by atoms with Crippen LogP contribution in [0.5, 0.6) is 0 Å². The predicted octanol–water partition coefficient (Wildman–Crippen LogP) is 1.81. The van der Waals surface area contributed by atoms with Gasteiger partial charge in [0.2, 0.25) is 0 Å². The molecule has 0 aliphatic rings. The summed E-state index contributed by atoms with van der Waals surface area (Å²) in [6.45, 7) is 0. The monoisotopic (exact) mass is 249 g/mol. The summed E-state index contributed by atoms with van der Waals surface area (Å²) in [6.07, 6.45) is 1.62. The van der Waals surface area contributed by atoms with E-state index in [4.69, 9.17) is 5.11 Å². The molecule has 88 valence electrons. The Balaban J connectivity index is 2.14. The summed E-state index contributed by atoms with van der Waals surface area (Å²) in [4.78, 5) is 11.0. The molecule has 0 aliphatic carbocycles. The molecule has 0 unspecified atom stereocenters. The van der Waals surface area contributed by atoms with Crippen LogP contribution < -0.4 is 0 Å². The van der Waals surface area contributed by atoms with Gasteiger partial charge in [0.05, 0.1) is 5.56 Å². The molecule has 1 aromatic carbocycles. The molecule has 2 rings (SSSR count). The number of carbonyl (C=O) groups is 1. The third-order valence-corrected chi connectivity index (χ3v) is 3.36. The first-order valence-electron chi connectivity index (χ1n) is 4.96. The molecule has 1 N–H and O–H groups in total. The Morgan fingerprint density at radius 2 is 2.24 bits per heavy atom. The molecule has 0 spiro atoms. The van der Waals surface area contributed by atoms with E-state index in [2.05, 4.69) is 10.2 Å². The molecule has 1 aromatic heterocycles. The lowest BCUT2D eigenvalue weighted by atomic mass is 10.1. The Hall–Kier alpha value is -1.82. The first kappa shape index (κ1) is 11.7. The third-order valence-electron chi connectivity index (χ3n) is 2.27. The van der Waals surface area contributed by atoms with Crippen molar-refractivity contribution in [3.05, 3.63) is 41.7 Å². The van der Waals surface area contributed by atoms with Gasteiger partial charge >= 0.3 is 5.97 Å². The molecule has 5 nitrogen and oxygen atoms in total. The van der Waals surface area contributed by atoms with Crippen molar-refractivity contribution >= 4 is 17.7 Å². The van der Waals surface area contributed by atoms with Crippen molar-refractivity contribution in [1.29, 1.82) is 0 Å². The van der Waals surface area contributed by atoms with E-state index in [0.717, 1.165) is 10.7 Å². The minimum Gasteiger partial charge on any atom is -0.478 e. The van der Waals surface area contributed by atoms with E-state index in [-0.39, 0.29) is 0 Å². The van der Waals surface area contributed by atoms with Gasteiger partial charge in [0.15, 0.2) is 5.16 Å². The van der Waals surface area contributed by atoms with Crippen LogP contribution in [0.3, 0.4) is 0 Å². The van der Waals surface area contributed by atoms with Gasteiger partial charge in [0, 0.05) is 12.8 Å². The normalized spacial score (nSPS) is 10.4.